The highest BCUT2D eigenvalue weighted by Gasteiger charge is 2.28. The van der Waals surface area contributed by atoms with Gasteiger partial charge < -0.3 is 5.32 Å². The fourth-order valence-electron chi connectivity index (χ4n) is 3.29. The molecular weight excluding hydrogens is 452 g/mol. The van der Waals surface area contributed by atoms with Gasteiger partial charge in [0.1, 0.15) is 16.3 Å². The molecule has 1 aliphatic heterocycles. The first-order valence-corrected chi connectivity index (χ1v) is 11.0. The number of rotatable bonds is 4. The number of thiophene rings is 2. The zero-order valence-electron chi connectivity index (χ0n) is 16.6. The van der Waals surface area contributed by atoms with E-state index in [0.717, 1.165) is 31.8 Å². The molecule has 5 rings (SSSR count). The van der Waals surface area contributed by atoms with Crippen LogP contribution in [0.5, 0.6) is 0 Å². The molecule has 0 saturated heterocycles. The second-order valence-corrected chi connectivity index (χ2v) is 8.78. The number of carbonyl (C=O) groups excluding carboxylic acids is 2. The number of nitrogens with zero attached hydrogens (tertiary/aromatic N) is 2. The zero-order valence-corrected chi connectivity index (χ0v) is 19.0. The van der Waals surface area contributed by atoms with E-state index in [0.29, 0.717) is 17.2 Å². The monoisotopic (exact) mass is 468 g/mol. The third-order valence-electron chi connectivity index (χ3n) is 4.94. The van der Waals surface area contributed by atoms with Crippen LogP contribution in [0.1, 0.15) is 12.5 Å². The van der Waals surface area contributed by atoms with Crippen molar-refractivity contribution in [3.8, 4) is 21.8 Å². The van der Waals surface area contributed by atoms with Gasteiger partial charge in [-0.25, -0.2) is 9.97 Å². The van der Waals surface area contributed by atoms with Crippen molar-refractivity contribution in [1.82, 2.24) is 15.3 Å². The van der Waals surface area contributed by atoms with Crippen molar-refractivity contribution >= 4 is 62.9 Å². The standard InChI is InChI=1S/C22H16N4O2S2.ClH/c1-11-5-7-13(8-6-11)18-24-19(23-17-12(2)20(27)26-21(17)28)16-14(10-30-22(16)25-18)15-4-3-9-29-15;/h3-10H,1-2H3,(H2,23,24,25,26,27,28);1H. The molecule has 0 unspecified atom stereocenters. The summed E-state index contributed by atoms with van der Waals surface area (Å²) in [5.41, 5.74) is 3.60. The molecule has 0 spiro atoms. The maximum absolute atomic E-state index is 12.3. The quantitative estimate of drug-likeness (QED) is 0.404. The molecule has 3 aromatic heterocycles. The molecule has 4 heterocycles. The number of aryl methyl sites for hydroxylation is 1. The van der Waals surface area contributed by atoms with Crippen molar-refractivity contribution in [2.24, 2.45) is 0 Å². The van der Waals surface area contributed by atoms with Crippen molar-refractivity contribution < 1.29 is 9.59 Å². The maximum Gasteiger partial charge on any atom is 0.275 e. The van der Waals surface area contributed by atoms with E-state index in [4.69, 9.17) is 9.97 Å². The van der Waals surface area contributed by atoms with Gasteiger partial charge in [-0.3, -0.25) is 14.9 Å². The van der Waals surface area contributed by atoms with E-state index in [2.05, 4.69) is 16.0 Å². The van der Waals surface area contributed by atoms with Crippen molar-refractivity contribution in [3.05, 3.63) is 64.0 Å². The molecule has 0 bridgehead atoms. The van der Waals surface area contributed by atoms with E-state index in [9.17, 15) is 9.59 Å². The average Bonchev–Trinajstić information content (AvgIpc) is 3.45. The van der Waals surface area contributed by atoms with Crippen LogP contribution in [0.25, 0.3) is 32.0 Å². The summed E-state index contributed by atoms with van der Waals surface area (Å²) in [5, 5.41) is 10.4. The minimum Gasteiger partial charge on any atom is -0.335 e. The van der Waals surface area contributed by atoms with Crippen LogP contribution in [-0.2, 0) is 9.59 Å². The Morgan fingerprint density at radius 1 is 0.968 bits per heavy atom. The summed E-state index contributed by atoms with van der Waals surface area (Å²) >= 11 is 3.16. The smallest absolute Gasteiger partial charge is 0.275 e. The van der Waals surface area contributed by atoms with Crippen LogP contribution in [0, 0.1) is 6.92 Å². The van der Waals surface area contributed by atoms with Gasteiger partial charge in [0.05, 0.1) is 5.39 Å². The van der Waals surface area contributed by atoms with Gasteiger partial charge in [0.2, 0.25) is 0 Å². The summed E-state index contributed by atoms with van der Waals surface area (Å²) < 4.78 is 0. The Kier molecular flexibility index (Phi) is 5.62. The second kappa shape index (κ2) is 8.22. The molecule has 0 aliphatic carbocycles. The van der Waals surface area contributed by atoms with Crippen LogP contribution in [-0.4, -0.2) is 21.8 Å². The molecule has 9 heteroatoms. The molecule has 0 radical (unpaired) electrons. The number of hydrogen-bond donors (Lipinski definition) is 2. The largest absolute Gasteiger partial charge is 0.335 e. The SMILES string of the molecule is CC1=C(Nc2nc(-c3ccc(C)cc3)nc3scc(-c4cccs4)c23)C(=O)NC1=O.Cl. The van der Waals surface area contributed by atoms with Gasteiger partial charge in [-0.05, 0) is 25.3 Å². The van der Waals surface area contributed by atoms with Crippen molar-refractivity contribution in [2.45, 2.75) is 13.8 Å². The Morgan fingerprint density at radius 2 is 1.74 bits per heavy atom. The predicted molar refractivity (Wildman–Crippen MR) is 128 cm³/mol. The third-order valence-corrected chi connectivity index (χ3v) is 6.72. The molecule has 0 fully saturated rings. The highest BCUT2D eigenvalue weighted by molar-refractivity contribution is 7.18. The summed E-state index contributed by atoms with van der Waals surface area (Å²) in [6.07, 6.45) is 0. The number of anilines is 1. The van der Waals surface area contributed by atoms with Crippen molar-refractivity contribution in [1.29, 1.82) is 0 Å². The molecule has 0 atom stereocenters. The fraction of sp³-hybridized carbons (Fsp3) is 0.0909. The molecule has 1 aliphatic rings. The number of imide groups is 1. The van der Waals surface area contributed by atoms with Crippen molar-refractivity contribution in [2.75, 3.05) is 5.32 Å². The summed E-state index contributed by atoms with van der Waals surface area (Å²) in [6.45, 7) is 3.65. The van der Waals surface area contributed by atoms with E-state index < -0.39 is 11.8 Å². The van der Waals surface area contributed by atoms with E-state index in [-0.39, 0.29) is 18.1 Å². The molecule has 2 amide bonds. The number of carbonyl (C=O) groups is 2. The molecule has 0 saturated carbocycles. The highest BCUT2D eigenvalue weighted by atomic mass is 35.5. The first-order valence-electron chi connectivity index (χ1n) is 9.25. The van der Waals surface area contributed by atoms with E-state index in [1.807, 2.05) is 48.7 Å². The van der Waals surface area contributed by atoms with Crippen LogP contribution in [0.3, 0.4) is 0 Å². The zero-order chi connectivity index (χ0) is 20.8. The summed E-state index contributed by atoms with van der Waals surface area (Å²) in [5.74, 6) is 0.233. The van der Waals surface area contributed by atoms with Crippen molar-refractivity contribution in [3.63, 3.8) is 0 Å². The van der Waals surface area contributed by atoms with Gasteiger partial charge >= 0.3 is 0 Å². The Labute approximate surface area is 192 Å². The second-order valence-electron chi connectivity index (χ2n) is 6.98. The number of fused-ring (bicyclic) bond motifs is 1. The minimum absolute atomic E-state index is 0. The van der Waals surface area contributed by atoms with Crippen LogP contribution in [0.2, 0.25) is 0 Å². The Bertz CT molecular complexity index is 1340. The lowest BCUT2D eigenvalue weighted by molar-refractivity contribution is -0.124. The Hall–Kier alpha value is -3.07. The number of benzene rings is 1. The molecule has 31 heavy (non-hydrogen) atoms. The summed E-state index contributed by atoms with van der Waals surface area (Å²) in [6, 6.07) is 12.0. The highest BCUT2D eigenvalue weighted by Crippen LogP contribution is 2.40. The number of aromatic nitrogens is 2. The van der Waals surface area contributed by atoms with E-state index in [1.165, 1.54) is 11.3 Å². The van der Waals surface area contributed by atoms with Crippen LogP contribution >= 0.6 is 35.1 Å². The van der Waals surface area contributed by atoms with Crippen LogP contribution in [0.15, 0.2) is 58.4 Å². The van der Waals surface area contributed by atoms with E-state index >= 15 is 0 Å². The third kappa shape index (κ3) is 3.74. The lowest BCUT2D eigenvalue weighted by Gasteiger charge is -2.11. The number of amides is 2. The van der Waals surface area contributed by atoms with Gasteiger partial charge in [0.25, 0.3) is 11.8 Å². The summed E-state index contributed by atoms with van der Waals surface area (Å²) in [7, 11) is 0. The lowest BCUT2D eigenvalue weighted by atomic mass is 10.1. The first kappa shape index (κ1) is 21.2. The number of hydrogen-bond acceptors (Lipinski definition) is 7. The van der Waals surface area contributed by atoms with Gasteiger partial charge in [0.15, 0.2) is 5.82 Å². The van der Waals surface area contributed by atoms with E-state index in [1.54, 1.807) is 18.3 Å². The Balaban J connectivity index is 0.00000231. The predicted octanol–water partition coefficient (Wildman–Crippen LogP) is 5.16. The topological polar surface area (TPSA) is 84.0 Å². The molecule has 1 aromatic carbocycles. The minimum atomic E-state index is -0.450. The van der Waals surface area contributed by atoms with Crippen LogP contribution in [0.4, 0.5) is 5.82 Å². The lowest BCUT2D eigenvalue weighted by Crippen LogP contribution is -2.24. The average molecular weight is 469 g/mol. The van der Waals surface area contributed by atoms with Crippen LogP contribution < -0.4 is 10.6 Å². The molecule has 4 aromatic rings. The van der Waals surface area contributed by atoms with Gasteiger partial charge in [0, 0.05) is 27.0 Å². The van der Waals surface area contributed by atoms with Gasteiger partial charge in [-0.15, -0.1) is 35.1 Å². The fourth-order valence-corrected chi connectivity index (χ4v) is 5.05. The Morgan fingerprint density at radius 3 is 2.39 bits per heavy atom. The molecule has 2 N–H and O–H groups in total. The summed E-state index contributed by atoms with van der Waals surface area (Å²) in [4.78, 5) is 35.7. The molecule has 156 valence electrons. The molecule has 6 nitrogen and oxygen atoms in total. The van der Waals surface area contributed by atoms with Gasteiger partial charge in [-0.1, -0.05) is 35.9 Å². The number of nitrogens with one attached hydrogen (secondary N) is 2. The number of halogens is 1. The molecular formula is C22H17ClN4O2S2. The maximum atomic E-state index is 12.3. The first-order chi connectivity index (χ1) is 14.5. The van der Waals surface area contributed by atoms with Gasteiger partial charge in [-0.2, -0.15) is 0 Å². The normalized spacial score (nSPS) is 13.5.